The van der Waals surface area contributed by atoms with Crippen molar-refractivity contribution in [2.75, 3.05) is 11.9 Å². The number of hydrogen-bond acceptors (Lipinski definition) is 4. The summed E-state index contributed by atoms with van der Waals surface area (Å²) in [5, 5.41) is 11.0. The number of rotatable bonds is 5. The molecule has 6 nitrogen and oxygen atoms in total. The predicted octanol–water partition coefficient (Wildman–Crippen LogP) is 2.87. The van der Waals surface area contributed by atoms with Gasteiger partial charge in [0.25, 0.3) is 0 Å². The van der Waals surface area contributed by atoms with Gasteiger partial charge in [0.05, 0.1) is 5.69 Å². The van der Waals surface area contributed by atoms with Gasteiger partial charge >= 0.3 is 0 Å². The van der Waals surface area contributed by atoms with E-state index in [0.717, 1.165) is 24.1 Å². The first kappa shape index (κ1) is 17.1. The molecule has 1 N–H and O–H groups in total. The molecule has 0 bridgehead atoms. The minimum atomic E-state index is -0.408. The fraction of sp³-hybridized carbons (Fsp3) is 0.368. The van der Waals surface area contributed by atoms with Crippen LogP contribution in [0.5, 0.6) is 0 Å². The number of hydrogen-bond donors (Lipinski definition) is 1. The lowest BCUT2D eigenvalue weighted by atomic mass is 10.1. The molecule has 1 aromatic carbocycles. The maximum absolute atomic E-state index is 12.5. The smallest absolute Gasteiger partial charge is 0.248 e. The summed E-state index contributed by atoms with van der Waals surface area (Å²) in [5.74, 6) is 0.258. The highest BCUT2D eigenvalue weighted by Gasteiger charge is 2.33. The van der Waals surface area contributed by atoms with Crippen molar-refractivity contribution in [3.05, 3.63) is 42.5 Å². The second kappa shape index (κ2) is 7.88. The lowest BCUT2D eigenvalue weighted by Gasteiger charge is -2.23. The van der Waals surface area contributed by atoms with Crippen molar-refractivity contribution in [3.63, 3.8) is 0 Å². The third-order valence-electron chi connectivity index (χ3n) is 4.33. The van der Waals surface area contributed by atoms with Gasteiger partial charge in [0.1, 0.15) is 6.04 Å². The molecule has 0 aliphatic carbocycles. The number of carbonyl (C=O) groups excluding carboxylic acids is 2. The number of nitrogens with one attached hydrogen (secondary N) is 1. The summed E-state index contributed by atoms with van der Waals surface area (Å²) >= 11 is 0. The van der Waals surface area contributed by atoms with E-state index >= 15 is 0 Å². The fourth-order valence-electron chi connectivity index (χ4n) is 3.07. The van der Waals surface area contributed by atoms with Gasteiger partial charge in [0.2, 0.25) is 11.8 Å². The van der Waals surface area contributed by atoms with Crippen molar-refractivity contribution in [3.8, 4) is 11.3 Å². The van der Waals surface area contributed by atoms with Gasteiger partial charge in [-0.05, 0) is 31.4 Å². The van der Waals surface area contributed by atoms with Crippen molar-refractivity contribution in [2.24, 2.45) is 0 Å². The first-order chi connectivity index (χ1) is 12.2. The number of carbonyl (C=O) groups is 2. The van der Waals surface area contributed by atoms with Crippen molar-refractivity contribution in [1.82, 2.24) is 15.1 Å². The summed E-state index contributed by atoms with van der Waals surface area (Å²) in [6.45, 7) is 2.61. The van der Waals surface area contributed by atoms with Gasteiger partial charge in [-0.3, -0.25) is 9.59 Å². The van der Waals surface area contributed by atoms with Crippen LogP contribution < -0.4 is 5.32 Å². The number of benzene rings is 1. The third kappa shape index (κ3) is 4.02. The Labute approximate surface area is 147 Å². The Morgan fingerprint density at radius 2 is 1.96 bits per heavy atom. The van der Waals surface area contributed by atoms with Gasteiger partial charge in [-0.25, -0.2) is 0 Å². The van der Waals surface area contributed by atoms with Crippen LogP contribution in [0.25, 0.3) is 11.3 Å². The first-order valence-corrected chi connectivity index (χ1v) is 8.68. The van der Waals surface area contributed by atoms with E-state index in [2.05, 4.69) is 15.5 Å². The largest absolute Gasteiger partial charge is 0.331 e. The number of anilines is 1. The van der Waals surface area contributed by atoms with Gasteiger partial charge in [0, 0.05) is 18.5 Å². The second-order valence-electron chi connectivity index (χ2n) is 6.15. The van der Waals surface area contributed by atoms with E-state index in [1.54, 1.807) is 11.0 Å². The fourth-order valence-corrected chi connectivity index (χ4v) is 3.07. The van der Waals surface area contributed by atoms with Crippen molar-refractivity contribution in [1.29, 1.82) is 0 Å². The molecule has 2 amide bonds. The van der Waals surface area contributed by atoms with E-state index in [4.69, 9.17) is 0 Å². The zero-order chi connectivity index (χ0) is 17.6. The maximum Gasteiger partial charge on any atom is 0.248 e. The maximum atomic E-state index is 12.5. The highest BCUT2D eigenvalue weighted by atomic mass is 16.2. The predicted molar refractivity (Wildman–Crippen MR) is 95.7 cm³/mol. The molecule has 0 saturated carbocycles. The minimum absolute atomic E-state index is 0.0469. The first-order valence-electron chi connectivity index (χ1n) is 8.68. The summed E-state index contributed by atoms with van der Waals surface area (Å²) in [6, 6.07) is 12.9. The normalized spacial score (nSPS) is 16.7. The summed E-state index contributed by atoms with van der Waals surface area (Å²) in [4.78, 5) is 26.3. The molecule has 130 valence electrons. The van der Waals surface area contributed by atoms with Gasteiger partial charge in [0.15, 0.2) is 5.82 Å². The molecule has 1 atom stereocenters. The van der Waals surface area contributed by atoms with Crippen LogP contribution in [0.4, 0.5) is 5.82 Å². The molecule has 1 aliphatic heterocycles. The van der Waals surface area contributed by atoms with Crippen LogP contribution in [-0.4, -0.2) is 39.5 Å². The van der Waals surface area contributed by atoms with Crippen LogP contribution in [0, 0.1) is 0 Å². The van der Waals surface area contributed by atoms with Crippen LogP contribution in [-0.2, 0) is 9.59 Å². The molecular weight excluding hydrogens is 316 g/mol. The molecule has 0 spiro atoms. The average molecular weight is 338 g/mol. The van der Waals surface area contributed by atoms with Crippen molar-refractivity contribution >= 4 is 17.6 Å². The Balaban J connectivity index is 1.65. The molecule has 6 heteroatoms. The van der Waals surface area contributed by atoms with E-state index in [1.807, 2.05) is 43.3 Å². The topological polar surface area (TPSA) is 75.2 Å². The summed E-state index contributed by atoms with van der Waals surface area (Å²) in [6.07, 6.45) is 2.81. The number of aromatic nitrogens is 2. The molecule has 2 heterocycles. The van der Waals surface area contributed by atoms with E-state index in [0.29, 0.717) is 25.2 Å². The highest BCUT2D eigenvalue weighted by Crippen LogP contribution is 2.21. The van der Waals surface area contributed by atoms with E-state index in [-0.39, 0.29) is 11.8 Å². The highest BCUT2D eigenvalue weighted by molar-refractivity contribution is 5.96. The third-order valence-corrected chi connectivity index (χ3v) is 4.33. The van der Waals surface area contributed by atoms with Crippen LogP contribution in [0.2, 0.25) is 0 Å². The molecule has 1 fully saturated rings. The van der Waals surface area contributed by atoms with E-state index in [9.17, 15) is 9.59 Å². The Morgan fingerprint density at radius 1 is 1.16 bits per heavy atom. The SMILES string of the molecule is CCCC(=O)N1CCC[C@@H]1C(=O)Nc1ccc(-c2ccccc2)nn1. The standard InChI is InChI=1S/C19H22N4O2/c1-2-7-18(24)23-13-6-10-16(23)19(25)20-17-12-11-15(21-22-17)14-8-4-3-5-9-14/h3-5,8-9,11-12,16H,2,6-7,10,13H2,1H3,(H,20,22,25)/t16-/m1/s1. The van der Waals surface area contributed by atoms with E-state index < -0.39 is 6.04 Å². The molecule has 25 heavy (non-hydrogen) atoms. The van der Waals surface area contributed by atoms with Crippen LogP contribution in [0.1, 0.15) is 32.6 Å². The Bertz CT molecular complexity index is 731. The molecule has 0 unspecified atom stereocenters. The molecule has 1 aliphatic rings. The molecule has 2 aromatic rings. The zero-order valence-corrected chi connectivity index (χ0v) is 14.3. The van der Waals surface area contributed by atoms with Crippen LogP contribution >= 0.6 is 0 Å². The molecule has 3 rings (SSSR count). The summed E-state index contributed by atoms with van der Waals surface area (Å²) < 4.78 is 0. The van der Waals surface area contributed by atoms with Crippen molar-refractivity contribution in [2.45, 2.75) is 38.6 Å². The van der Waals surface area contributed by atoms with Crippen molar-refractivity contribution < 1.29 is 9.59 Å². The zero-order valence-electron chi connectivity index (χ0n) is 14.3. The molecule has 1 aromatic heterocycles. The number of amides is 2. The van der Waals surface area contributed by atoms with Crippen LogP contribution in [0.15, 0.2) is 42.5 Å². The Hall–Kier alpha value is -2.76. The summed E-state index contributed by atoms with van der Waals surface area (Å²) in [7, 11) is 0. The molecule has 1 saturated heterocycles. The Morgan fingerprint density at radius 3 is 2.64 bits per heavy atom. The Kier molecular flexibility index (Phi) is 5.38. The monoisotopic (exact) mass is 338 g/mol. The molecular formula is C19H22N4O2. The van der Waals surface area contributed by atoms with E-state index in [1.165, 1.54) is 0 Å². The molecule has 0 radical (unpaired) electrons. The second-order valence-corrected chi connectivity index (χ2v) is 6.15. The average Bonchev–Trinajstić information content (AvgIpc) is 3.13. The number of likely N-dealkylation sites (tertiary alicyclic amines) is 1. The van der Waals surface area contributed by atoms with Gasteiger partial charge in [-0.15, -0.1) is 10.2 Å². The minimum Gasteiger partial charge on any atom is -0.331 e. The summed E-state index contributed by atoms with van der Waals surface area (Å²) in [5.41, 5.74) is 1.72. The van der Waals surface area contributed by atoms with Crippen LogP contribution in [0.3, 0.4) is 0 Å². The van der Waals surface area contributed by atoms with Gasteiger partial charge in [-0.2, -0.15) is 0 Å². The van der Waals surface area contributed by atoms with Gasteiger partial charge in [-0.1, -0.05) is 37.3 Å². The van der Waals surface area contributed by atoms with Gasteiger partial charge < -0.3 is 10.2 Å². The quantitative estimate of drug-likeness (QED) is 0.909. The lowest BCUT2D eigenvalue weighted by Crippen LogP contribution is -2.43. The lowest BCUT2D eigenvalue weighted by molar-refractivity contribution is -0.136. The number of nitrogens with zero attached hydrogens (tertiary/aromatic N) is 3.